The molecule has 19 heavy (non-hydrogen) atoms. The molecule has 4 heteroatoms. The molecule has 0 saturated carbocycles. The number of ether oxygens (including phenoxy) is 1. The highest BCUT2D eigenvalue weighted by Crippen LogP contribution is 2.19. The van der Waals surface area contributed by atoms with Crippen molar-refractivity contribution in [3.05, 3.63) is 29.8 Å². The summed E-state index contributed by atoms with van der Waals surface area (Å²) in [4.78, 5) is 13.2. The number of carbonyl (C=O) groups is 1. The Morgan fingerprint density at radius 1 is 1.42 bits per heavy atom. The van der Waals surface area contributed by atoms with Gasteiger partial charge in [-0.1, -0.05) is 26.0 Å². The molecule has 0 radical (unpaired) electrons. The van der Waals surface area contributed by atoms with Crippen LogP contribution >= 0.6 is 11.6 Å². The van der Waals surface area contributed by atoms with E-state index in [0.717, 1.165) is 5.75 Å². The Kier molecular flexibility index (Phi) is 6.71. The van der Waals surface area contributed by atoms with Crippen LogP contribution in [0.1, 0.15) is 31.7 Å². The molecule has 0 aliphatic carbocycles. The quantitative estimate of drug-likeness (QED) is 0.719. The molecule has 0 unspecified atom stereocenters. The van der Waals surface area contributed by atoms with Crippen LogP contribution in [-0.4, -0.2) is 36.9 Å². The molecule has 1 aromatic carbocycles. The number of nitrogens with zero attached hydrogens (tertiary/aromatic N) is 1. The average Bonchev–Trinajstić information content (AvgIpc) is 2.39. The SMILES string of the molecule is CC(C)c1cccc(OCCN(C)C(=O)CCCl)c1. The van der Waals surface area contributed by atoms with E-state index in [4.69, 9.17) is 16.3 Å². The maximum atomic E-state index is 11.5. The summed E-state index contributed by atoms with van der Waals surface area (Å²) >= 11 is 5.54. The van der Waals surface area contributed by atoms with Crippen molar-refractivity contribution in [2.75, 3.05) is 26.1 Å². The lowest BCUT2D eigenvalue weighted by molar-refractivity contribution is -0.129. The Labute approximate surface area is 120 Å². The monoisotopic (exact) mass is 283 g/mol. The molecule has 0 atom stereocenters. The van der Waals surface area contributed by atoms with E-state index in [9.17, 15) is 4.79 Å². The Morgan fingerprint density at radius 3 is 2.79 bits per heavy atom. The summed E-state index contributed by atoms with van der Waals surface area (Å²) in [5.74, 6) is 1.75. The van der Waals surface area contributed by atoms with E-state index >= 15 is 0 Å². The summed E-state index contributed by atoms with van der Waals surface area (Å²) in [6, 6.07) is 8.07. The van der Waals surface area contributed by atoms with Gasteiger partial charge in [-0.2, -0.15) is 0 Å². The highest BCUT2D eigenvalue weighted by Gasteiger charge is 2.07. The average molecular weight is 284 g/mol. The number of alkyl halides is 1. The maximum Gasteiger partial charge on any atom is 0.223 e. The molecule has 106 valence electrons. The van der Waals surface area contributed by atoms with Gasteiger partial charge in [-0.05, 0) is 23.6 Å². The van der Waals surface area contributed by atoms with Crippen LogP contribution in [0.3, 0.4) is 0 Å². The smallest absolute Gasteiger partial charge is 0.223 e. The van der Waals surface area contributed by atoms with Crippen LogP contribution in [0.15, 0.2) is 24.3 Å². The number of carbonyl (C=O) groups excluding carboxylic acids is 1. The molecule has 0 fully saturated rings. The highest BCUT2D eigenvalue weighted by molar-refractivity contribution is 6.18. The maximum absolute atomic E-state index is 11.5. The van der Waals surface area contributed by atoms with E-state index in [2.05, 4.69) is 19.9 Å². The van der Waals surface area contributed by atoms with Crippen LogP contribution in [0.25, 0.3) is 0 Å². The first-order chi connectivity index (χ1) is 9.04. The Balaban J connectivity index is 2.40. The minimum atomic E-state index is 0.0505. The normalized spacial score (nSPS) is 10.6. The molecule has 1 amide bonds. The number of benzene rings is 1. The topological polar surface area (TPSA) is 29.5 Å². The Bertz CT molecular complexity index is 407. The molecule has 0 heterocycles. The van der Waals surface area contributed by atoms with Crippen LogP contribution in [0.2, 0.25) is 0 Å². The van der Waals surface area contributed by atoms with Crippen LogP contribution in [0, 0.1) is 0 Å². The summed E-state index contributed by atoms with van der Waals surface area (Å²) in [5.41, 5.74) is 1.25. The standard InChI is InChI=1S/C15H22ClNO2/c1-12(2)13-5-4-6-14(11-13)19-10-9-17(3)15(18)7-8-16/h4-6,11-12H,7-10H2,1-3H3. The molecule has 3 nitrogen and oxygen atoms in total. The van der Waals surface area contributed by atoms with Crippen LogP contribution in [0.4, 0.5) is 0 Å². The van der Waals surface area contributed by atoms with Gasteiger partial charge in [-0.3, -0.25) is 4.79 Å². The summed E-state index contributed by atoms with van der Waals surface area (Å²) < 4.78 is 5.67. The number of hydrogen-bond acceptors (Lipinski definition) is 2. The van der Waals surface area contributed by atoms with Crippen LogP contribution < -0.4 is 4.74 Å². The zero-order valence-electron chi connectivity index (χ0n) is 11.9. The lowest BCUT2D eigenvalue weighted by Gasteiger charge is -2.17. The number of amides is 1. The number of rotatable bonds is 7. The lowest BCUT2D eigenvalue weighted by atomic mass is 10.0. The third-order valence-corrected chi connectivity index (χ3v) is 3.14. The van der Waals surface area contributed by atoms with Gasteiger partial charge in [0.25, 0.3) is 0 Å². The van der Waals surface area contributed by atoms with Crippen molar-refractivity contribution in [2.45, 2.75) is 26.2 Å². The highest BCUT2D eigenvalue weighted by atomic mass is 35.5. The third-order valence-electron chi connectivity index (χ3n) is 2.95. The first-order valence-electron chi connectivity index (χ1n) is 6.57. The van der Waals surface area contributed by atoms with Crippen LogP contribution in [-0.2, 0) is 4.79 Å². The van der Waals surface area contributed by atoms with Gasteiger partial charge in [-0.25, -0.2) is 0 Å². The fourth-order valence-electron chi connectivity index (χ4n) is 1.66. The van der Waals surface area contributed by atoms with E-state index in [0.29, 0.717) is 31.4 Å². The predicted octanol–water partition coefficient (Wildman–Crippen LogP) is 3.28. The molecule has 0 aliphatic rings. The summed E-state index contributed by atoms with van der Waals surface area (Å²) in [7, 11) is 1.77. The van der Waals surface area contributed by atoms with Gasteiger partial charge in [-0.15, -0.1) is 11.6 Å². The zero-order valence-corrected chi connectivity index (χ0v) is 12.6. The van der Waals surface area contributed by atoms with Gasteiger partial charge in [0.15, 0.2) is 0 Å². The van der Waals surface area contributed by atoms with Crippen molar-refractivity contribution in [1.29, 1.82) is 0 Å². The summed E-state index contributed by atoms with van der Waals surface area (Å²) in [6.07, 6.45) is 0.376. The van der Waals surface area contributed by atoms with Crippen molar-refractivity contribution in [3.8, 4) is 5.75 Å². The second kappa shape index (κ2) is 8.05. The third kappa shape index (κ3) is 5.52. The van der Waals surface area contributed by atoms with E-state index in [-0.39, 0.29) is 5.91 Å². The second-order valence-electron chi connectivity index (χ2n) is 4.83. The van der Waals surface area contributed by atoms with E-state index in [1.54, 1.807) is 11.9 Å². The fourth-order valence-corrected chi connectivity index (χ4v) is 1.82. The minimum Gasteiger partial charge on any atom is -0.492 e. The lowest BCUT2D eigenvalue weighted by Crippen LogP contribution is -2.30. The van der Waals surface area contributed by atoms with E-state index in [1.165, 1.54) is 5.56 Å². The van der Waals surface area contributed by atoms with Crippen molar-refractivity contribution in [3.63, 3.8) is 0 Å². The molecular formula is C15H22ClNO2. The van der Waals surface area contributed by atoms with Gasteiger partial charge >= 0.3 is 0 Å². The molecule has 0 N–H and O–H groups in total. The zero-order chi connectivity index (χ0) is 14.3. The molecule has 0 aromatic heterocycles. The summed E-state index contributed by atoms with van der Waals surface area (Å²) in [5, 5.41) is 0. The second-order valence-corrected chi connectivity index (χ2v) is 5.21. The Morgan fingerprint density at radius 2 is 2.16 bits per heavy atom. The van der Waals surface area contributed by atoms with Gasteiger partial charge in [0.1, 0.15) is 12.4 Å². The van der Waals surface area contributed by atoms with Gasteiger partial charge in [0.2, 0.25) is 5.91 Å². The molecule has 1 aromatic rings. The van der Waals surface area contributed by atoms with E-state index < -0.39 is 0 Å². The fraction of sp³-hybridized carbons (Fsp3) is 0.533. The van der Waals surface area contributed by atoms with Crippen molar-refractivity contribution in [1.82, 2.24) is 4.90 Å². The molecule has 0 saturated heterocycles. The molecule has 1 rings (SSSR count). The number of likely N-dealkylation sites (N-methyl/N-ethyl adjacent to an activating group) is 1. The first-order valence-corrected chi connectivity index (χ1v) is 7.10. The van der Waals surface area contributed by atoms with Crippen molar-refractivity contribution in [2.24, 2.45) is 0 Å². The predicted molar refractivity (Wildman–Crippen MR) is 79.0 cm³/mol. The Hall–Kier alpha value is -1.22. The van der Waals surface area contributed by atoms with Crippen LogP contribution in [0.5, 0.6) is 5.75 Å². The first kappa shape index (κ1) is 15.8. The van der Waals surface area contributed by atoms with Gasteiger partial charge < -0.3 is 9.64 Å². The van der Waals surface area contributed by atoms with E-state index in [1.807, 2.05) is 18.2 Å². The molecule has 0 spiro atoms. The van der Waals surface area contributed by atoms with Gasteiger partial charge in [0.05, 0.1) is 6.54 Å². The summed E-state index contributed by atoms with van der Waals surface area (Å²) in [6.45, 7) is 5.36. The molecule has 0 bridgehead atoms. The largest absolute Gasteiger partial charge is 0.492 e. The van der Waals surface area contributed by atoms with Gasteiger partial charge in [0, 0.05) is 19.3 Å². The minimum absolute atomic E-state index is 0.0505. The van der Waals surface area contributed by atoms with Crippen molar-refractivity contribution < 1.29 is 9.53 Å². The van der Waals surface area contributed by atoms with Crippen molar-refractivity contribution >= 4 is 17.5 Å². The number of hydrogen-bond donors (Lipinski definition) is 0. The molecular weight excluding hydrogens is 262 g/mol. The molecule has 0 aliphatic heterocycles. The number of halogens is 1.